The van der Waals surface area contributed by atoms with Gasteiger partial charge in [-0.3, -0.25) is 9.78 Å². The van der Waals surface area contributed by atoms with E-state index >= 15 is 0 Å². The van der Waals surface area contributed by atoms with Gasteiger partial charge in [-0.25, -0.2) is 0 Å². The van der Waals surface area contributed by atoms with E-state index in [0.29, 0.717) is 25.6 Å². The minimum Gasteiger partial charge on any atom is -0.492 e. The molecule has 3 heterocycles. The molecule has 6 heteroatoms. The molecule has 1 atom stereocenters. The Morgan fingerprint density at radius 2 is 2.15 bits per heavy atom. The number of rotatable bonds is 7. The Kier molecular flexibility index (Phi) is 5.41. The maximum Gasteiger partial charge on any atom is 0.248 e. The molecule has 1 aromatic rings. The van der Waals surface area contributed by atoms with Crippen LogP contribution in [0.1, 0.15) is 38.5 Å². The van der Waals surface area contributed by atoms with Crippen molar-refractivity contribution < 1.29 is 19.0 Å². The number of ether oxygens (including phenoxy) is 3. The van der Waals surface area contributed by atoms with Crippen LogP contribution in [-0.4, -0.2) is 60.4 Å². The maximum atomic E-state index is 12.3. The van der Waals surface area contributed by atoms with E-state index in [-0.39, 0.29) is 24.2 Å². The number of likely N-dealkylation sites (tertiary alicyclic amines) is 1. The van der Waals surface area contributed by atoms with Crippen LogP contribution >= 0.6 is 0 Å². The fourth-order valence-electron chi connectivity index (χ4n) is 4.41. The Morgan fingerprint density at radius 3 is 2.92 bits per heavy atom. The van der Waals surface area contributed by atoms with Crippen LogP contribution in [-0.2, 0) is 14.3 Å². The van der Waals surface area contributed by atoms with E-state index in [2.05, 4.69) is 4.98 Å². The van der Waals surface area contributed by atoms with Gasteiger partial charge in [-0.05, 0) is 43.7 Å². The predicted molar refractivity (Wildman–Crippen MR) is 95.9 cm³/mol. The average molecular weight is 360 g/mol. The lowest BCUT2D eigenvalue weighted by atomic mass is 9.79. The zero-order valence-electron chi connectivity index (χ0n) is 15.3. The monoisotopic (exact) mass is 360 g/mol. The molecule has 0 radical (unpaired) electrons. The van der Waals surface area contributed by atoms with E-state index in [9.17, 15) is 4.79 Å². The van der Waals surface area contributed by atoms with Crippen molar-refractivity contribution in [3.05, 3.63) is 24.5 Å². The lowest BCUT2D eigenvalue weighted by Crippen LogP contribution is -2.66. The fourth-order valence-corrected chi connectivity index (χ4v) is 4.41. The molecule has 0 bridgehead atoms. The van der Waals surface area contributed by atoms with Crippen LogP contribution < -0.4 is 4.74 Å². The van der Waals surface area contributed by atoms with Gasteiger partial charge in [0, 0.05) is 12.8 Å². The first-order valence-electron chi connectivity index (χ1n) is 9.81. The third-order valence-corrected chi connectivity index (χ3v) is 5.98. The second kappa shape index (κ2) is 7.92. The van der Waals surface area contributed by atoms with Gasteiger partial charge >= 0.3 is 0 Å². The largest absolute Gasteiger partial charge is 0.492 e. The van der Waals surface area contributed by atoms with Gasteiger partial charge in [0.2, 0.25) is 5.91 Å². The molecule has 1 spiro atoms. The second-order valence-electron chi connectivity index (χ2n) is 7.69. The quantitative estimate of drug-likeness (QED) is 0.747. The number of amides is 1. The first kappa shape index (κ1) is 17.7. The average Bonchev–Trinajstić information content (AvgIpc) is 3.29. The summed E-state index contributed by atoms with van der Waals surface area (Å²) in [5, 5.41) is 0. The molecule has 1 aliphatic carbocycles. The number of hydrogen-bond acceptors (Lipinski definition) is 5. The summed E-state index contributed by atoms with van der Waals surface area (Å²) in [5.41, 5.74) is -0.165. The van der Waals surface area contributed by atoms with Crippen LogP contribution in [0.25, 0.3) is 0 Å². The highest BCUT2D eigenvalue weighted by atomic mass is 16.5. The number of hydrogen-bond donors (Lipinski definition) is 0. The lowest BCUT2D eigenvalue weighted by molar-refractivity contribution is -0.171. The second-order valence-corrected chi connectivity index (χ2v) is 7.69. The van der Waals surface area contributed by atoms with Crippen LogP contribution in [0.15, 0.2) is 24.5 Å². The van der Waals surface area contributed by atoms with Gasteiger partial charge < -0.3 is 19.1 Å². The summed E-state index contributed by atoms with van der Waals surface area (Å²) >= 11 is 0. The molecule has 0 N–H and O–H groups in total. The molecule has 3 aliphatic rings. The SMILES string of the molecule is O=C(COC1CCCC1)N1CC2(C1)OCCC2CCOc1cccnc1. The maximum absolute atomic E-state index is 12.3. The first-order valence-corrected chi connectivity index (χ1v) is 9.81. The summed E-state index contributed by atoms with van der Waals surface area (Å²) < 4.78 is 17.6. The Morgan fingerprint density at radius 1 is 1.31 bits per heavy atom. The van der Waals surface area contributed by atoms with E-state index in [1.54, 1.807) is 12.4 Å². The molecular weight excluding hydrogens is 332 g/mol. The predicted octanol–water partition coefficient (Wildman–Crippen LogP) is 2.43. The van der Waals surface area contributed by atoms with Gasteiger partial charge in [0.25, 0.3) is 0 Å². The summed E-state index contributed by atoms with van der Waals surface area (Å²) in [5.74, 6) is 1.34. The molecule has 2 aliphatic heterocycles. The van der Waals surface area contributed by atoms with Crippen LogP contribution in [0.2, 0.25) is 0 Å². The van der Waals surface area contributed by atoms with Gasteiger partial charge in [-0.1, -0.05) is 12.8 Å². The highest BCUT2D eigenvalue weighted by molar-refractivity contribution is 5.78. The summed E-state index contributed by atoms with van der Waals surface area (Å²) in [7, 11) is 0. The summed E-state index contributed by atoms with van der Waals surface area (Å²) in [6, 6.07) is 3.79. The van der Waals surface area contributed by atoms with Crippen LogP contribution in [0.3, 0.4) is 0 Å². The van der Waals surface area contributed by atoms with Gasteiger partial charge in [0.05, 0.1) is 32.0 Å². The van der Waals surface area contributed by atoms with Crippen molar-refractivity contribution in [2.24, 2.45) is 5.92 Å². The van der Waals surface area contributed by atoms with Gasteiger partial charge in [0.15, 0.2) is 0 Å². The Bertz CT molecular complexity index is 597. The number of nitrogens with zero attached hydrogens (tertiary/aromatic N) is 2. The zero-order chi connectivity index (χ0) is 17.8. The molecule has 0 aromatic carbocycles. The van der Waals surface area contributed by atoms with Gasteiger partial charge in [-0.15, -0.1) is 0 Å². The topological polar surface area (TPSA) is 60.9 Å². The summed E-state index contributed by atoms with van der Waals surface area (Å²) in [6.07, 6.45) is 10.4. The standard InChI is InChI=1S/C20H28N2O4/c23-19(13-25-17-4-1-2-5-17)22-14-20(15-22)16(8-11-26-20)7-10-24-18-6-3-9-21-12-18/h3,6,9,12,16-17H,1-2,4-5,7-8,10-11,13-15H2. The minimum atomic E-state index is -0.165. The molecule has 1 saturated carbocycles. The molecule has 1 unspecified atom stereocenters. The van der Waals surface area contributed by atoms with E-state index < -0.39 is 0 Å². The van der Waals surface area contributed by atoms with Crippen molar-refractivity contribution >= 4 is 5.91 Å². The molecule has 26 heavy (non-hydrogen) atoms. The number of pyridine rings is 1. The number of carbonyl (C=O) groups is 1. The van der Waals surface area contributed by atoms with Crippen LogP contribution in [0, 0.1) is 5.92 Å². The van der Waals surface area contributed by atoms with Crippen molar-refractivity contribution in [2.75, 3.05) is 32.9 Å². The molecule has 142 valence electrons. The van der Waals surface area contributed by atoms with E-state index in [4.69, 9.17) is 14.2 Å². The molecular formula is C20H28N2O4. The zero-order valence-corrected chi connectivity index (χ0v) is 15.3. The normalized spacial score (nSPS) is 24.8. The van der Waals surface area contributed by atoms with Gasteiger partial charge in [-0.2, -0.15) is 0 Å². The summed E-state index contributed by atoms with van der Waals surface area (Å²) in [4.78, 5) is 18.3. The number of carbonyl (C=O) groups excluding carboxylic acids is 1. The van der Waals surface area contributed by atoms with Crippen LogP contribution in [0.4, 0.5) is 0 Å². The van der Waals surface area contributed by atoms with E-state index in [0.717, 1.165) is 38.0 Å². The van der Waals surface area contributed by atoms with Crippen molar-refractivity contribution in [1.82, 2.24) is 9.88 Å². The highest BCUT2D eigenvalue weighted by Gasteiger charge is 2.54. The Labute approximate surface area is 154 Å². The third-order valence-electron chi connectivity index (χ3n) is 5.98. The molecule has 2 saturated heterocycles. The Hall–Kier alpha value is -1.66. The smallest absolute Gasteiger partial charge is 0.248 e. The highest BCUT2D eigenvalue weighted by Crippen LogP contribution is 2.41. The molecule has 3 fully saturated rings. The third kappa shape index (κ3) is 3.86. The molecule has 4 rings (SSSR count). The first-order chi connectivity index (χ1) is 12.8. The molecule has 1 aromatic heterocycles. The fraction of sp³-hybridized carbons (Fsp3) is 0.700. The summed E-state index contributed by atoms with van der Waals surface area (Å²) in [6.45, 7) is 3.03. The Balaban J connectivity index is 1.20. The molecule has 6 nitrogen and oxygen atoms in total. The van der Waals surface area contributed by atoms with Gasteiger partial charge in [0.1, 0.15) is 18.0 Å². The lowest BCUT2D eigenvalue weighted by Gasteiger charge is -2.50. The minimum absolute atomic E-state index is 0.100. The van der Waals surface area contributed by atoms with Crippen LogP contribution in [0.5, 0.6) is 5.75 Å². The van der Waals surface area contributed by atoms with Crippen molar-refractivity contribution in [3.8, 4) is 5.75 Å². The van der Waals surface area contributed by atoms with Crippen molar-refractivity contribution in [2.45, 2.75) is 50.2 Å². The van der Waals surface area contributed by atoms with E-state index in [1.165, 1.54) is 12.8 Å². The van der Waals surface area contributed by atoms with Crippen molar-refractivity contribution in [3.63, 3.8) is 0 Å². The van der Waals surface area contributed by atoms with Crippen molar-refractivity contribution in [1.29, 1.82) is 0 Å². The molecule has 1 amide bonds. The number of aromatic nitrogens is 1. The van der Waals surface area contributed by atoms with E-state index in [1.807, 2.05) is 17.0 Å².